The third kappa shape index (κ3) is 39.4. The third-order valence-electron chi connectivity index (χ3n) is 11.6. The van der Waals surface area contributed by atoms with Crippen LogP contribution in [0.1, 0.15) is 271 Å². The molecule has 6 nitrogen and oxygen atoms in total. The molecule has 0 bridgehead atoms. The van der Waals surface area contributed by atoms with Gasteiger partial charge in [0.05, 0.1) is 25.2 Å². The molecule has 0 aromatic rings. The Hall–Kier alpha value is -1.40. The number of aliphatic hydroxyl groups excluding tert-OH is 2. The lowest BCUT2D eigenvalue weighted by atomic mass is 10.0. The van der Waals surface area contributed by atoms with E-state index in [0.717, 1.165) is 64.2 Å². The molecular weight excluding hydrogens is 695 g/mol. The minimum Gasteiger partial charge on any atom is -0.462 e. The molecule has 3 N–H and O–H groups in total. The first kappa shape index (κ1) is 54.6. The molecule has 332 valence electrons. The van der Waals surface area contributed by atoms with Crippen LogP contribution in [-0.2, 0) is 14.3 Å². The zero-order valence-electron chi connectivity index (χ0n) is 37.8. The first-order chi connectivity index (χ1) is 27.5. The lowest BCUT2D eigenvalue weighted by Crippen LogP contribution is -2.46. The van der Waals surface area contributed by atoms with Crippen molar-refractivity contribution >= 4 is 11.9 Å². The molecule has 0 aromatic carbocycles. The molecular formula is C50H97NO5. The Morgan fingerprint density at radius 2 is 0.893 bits per heavy atom. The fourth-order valence-corrected chi connectivity index (χ4v) is 7.79. The SMILES string of the molecule is CCC/C=C\CCCCCC(CC(=O)NC(CO)C(O)CCCCCCCCCCCCCCCCC)OC(=O)CCCCCCCCCCCCCCCC. The number of unbranched alkanes of at least 4 members (excludes halogenated alkanes) is 31. The van der Waals surface area contributed by atoms with Crippen molar-refractivity contribution in [3.8, 4) is 0 Å². The van der Waals surface area contributed by atoms with Crippen LogP contribution in [0.2, 0.25) is 0 Å². The largest absolute Gasteiger partial charge is 0.462 e. The van der Waals surface area contributed by atoms with Crippen LogP contribution in [0.5, 0.6) is 0 Å². The summed E-state index contributed by atoms with van der Waals surface area (Å²) < 4.78 is 5.89. The molecule has 6 heteroatoms. The number of hydrogen-bond donors (Lipinski definition) is 3. The van der Waals surface area contributed by atoms with Crippen LogP contribution in [0.4, 0.5) is 0 Å². The van der Waals surface area contributed by atoms with E-state index in [1.54, 1.807) is 0 Å². The maximum atomic E-state index is 13.1. The van der Waals surface area contributed by atoms with Gasteiger partial charge in [-0.25, -0.2) is 0 Å². The molecule has 3 unspecified atom stereocenters. The van der Waals surface area contributed by atoms with Crippen LogP contribution >= 0.6 is 0 Å². The highest BCUT2D eigenvalue weighted by atomic mass is 16.5. The van der Waals surface area contributed by atoms with Gasteiger partial charge in [-0.3, -0.25) is 9.59 Å². The smallest absolute Gasteiger partial charge is 0.306 e. The van der Waals surface area contributed by atoms with Crippen molar-refractivity contribution in [2.24, 2.45) is 0 Å². The summed E-state index contributed by atoms with van der Waals surface area (Å²) in [4.78, 5) is 26.0. The molecule has 1 amide bonds. The fraction of sp³-hybridized carbons (Fsp3) is 0.920. The van der Waals surface area contributed by atoms with Gasteiger partial charge < -0.3 is 20.3 Å². The Morgan fingerprint density at radius 1 is 0.500 bits per heavy atom. The van der Waals surface area contributed by atoms with E-state index in [1.165, 1.54) is 161 Å². The van der Waals surface area contributed by atoms with Crippen LogP contribution < -0.4 is 5.32 Å². The molecule has 0 saturated carbocycles. The zero-order valence-corrected chi connectivity index (χ0v) is 37.8. The van der Waals surface area contributed by atoms with E-state index in [2.05, 4.69) is 38.2 Å². The molecule has 0 aliphatic carbocycles. The Bertz CT molecular complexity index is 847. The van der Waals surface area contributed by atoms with Gasteiger partial charge in [0.25, 0.3) is 0 Å². The highest BCUT2D eigenvalue weighted by Crippen LogP contribution is 2.18. The number of hydrogen-bond acceptors (Lipinski definition) is 5. The number of esters is 1. The normalized spacial score (nSPS) is 13.3. The van der Waals surface area contributed by atoms with Gasteiger partial charge in [0, 0.05) is 6.42 Å². The van der Waals surface area contributed by atoms with Crippen molar-refractivity contribution in [2.45, 2.75) is 289 Å². The van der Waals surface area contributed by atoms with Crippen molar-refractivity contribution in [1.29, 1.82) is 0 Å². The summed E-state index contributed by atoms with van der Waals surface area (Å²) >= 11 is 0. The summed E-state index contributed by atoms with van der Waals surface area (Å²) in [5, 5.41) is 23.7. The number of allylic oxidation sites excluding steroid dienone is 2. The van der Waals surface area contributed by atoms with E-state index < -0.39 is 18.2 Å². The number of carbonyl (C=O) groups is 2. The van der Waals surface area contributed by atoms with Crippen LogP contribution in [0, 0.1) is 0 Å². The minimum atomic E-state index is -0.784. The minimum absolute atomic E-state index is 0.0725. The molecule has 0 heterocycles. The fourth-order valence-electron chi connectivity index (χ4n) is 7.79. The number of rotatable bonds is 45. The molecule has 0 radical (unpaired) electrons. The molecule has 0 aliphatic rings. The molecule has 0 rings (SSSR count). The molecule has 0 aromatic heterocycles. The molecule has 0 saturated heterocycles. The maximum Gasteiger partial charge on any atom is 0.306 e. The maximum absolute atomic E-state index is 13.1. The number of carbonyl (C=O) groups excluding carboxylic acids is 2. The van der Waals surface area contributed by atoms with Crippen LogP contribution in [-0.4, -0.2) is 46.9 Å². The second-order valence-corrected chi connectivity index (χ2v) is 17.2. The predicted molar refractivity (Wildman–Crippen MR) is 241 cm³/mol. The molecule has 0 fully saturated rings. The van der Waals surface area contributed by atoms with Gasteiger partial charge in [0.15, 0.2) is 0 Å². The topological polar surface area (TPSA) is 95.9 Å². The lowest BCUT2D eigenvalue weighted by molar-refractivity contribution is -0.151. The van der Waals surface area contributed by atoms with E-state index in [9.17, 15) is 19.8 Å². The summed E-state index contributed by atoms with van der Waals surface area (Å²) in [7, 11) is 0. The standard InChI is InChI=1S/C50H97NO5/c1-4-7-10-13-16-19-21-23-25-26-28-30-33-36-39-42-48(53)47(45-52)51-49(54)44-46(41-38-35-32-18-15-12-9-6-3)56-50(55)43-40-37-34-31-29-27-24-22-20-17-14-11-8-5-2/h12,15,46-48,52-53H,4-11,13-14,16-45H2,1-3H3,(H,51,54)/b15-12-. The first-order valence-corrected chi connectivity index (χ1v) is 24.9. The lowest BCUT2D eigenvalue weighted by Gasteiger charge is -2.24. The van der Waals surface area contributed by atoms with E-state index in [4.69, 9.17) is 4.74 Å². The van der Waals surface area contributed by atoms with Crippen molar-refractivity contribution < 1.29 is 24.5 Å². The van der Waals surface area contributed by atoms with Gasteiger partial charge in [-0.15, -0.1) is 0 Å². The average molecular weight is 792 g/mol. The number of nitrogens with one attached hydrogen (secondary N) is 1. The quantitative estimate of drug-likeness (QED) is 0.0324. The van der Waals surface area contributed by atoms with Gasteiger partial charge in [0.1, 0.15) is 6.10 Å². The van der Waals surface area contributed by atoms with Crippen LogP contribution in [0.3, 0.4) is 0 Å². The van der Waals surface area contributed by atoms with E-state index in [-0.39, 0.29) is 24.9 Å². The summed E-state index contributed by atoms with van der Waals surface area (Å²) in [5.74, 6) is -0.479. The third-order valence-corrected chi connectivity index (χ3v) is 11.6. The predicted octanol–water partition coefficient (Wildman–Crippen LogP) is 14.6. The highest BCUT2D eigenvalue weighted by Gasteiger charge is 2.24. The molecule has 56 heavy (non-hydrogen) atoms. The number of amides is 1. The van der Waals surface area contributed by atoms with Gasteiger partial charge in [-0.1, -0.05) is 226 Å². The van der Waals surface area contributed by atoms with Crippen molar-refractivity contribution in [1.82, 2.24) is 5.32 Å². The van der Waals surface area contributed by atoms with Crippen molar-refractivity contribution in [3.05, 3.63) is 12.2 Å². The number of aliphatic hydroxyl groups is 2. The summed E-state index contributed by atoms with van der Waals surface area (Å²) in [6.07, 6.45) is 48.5. The second-order valence-electron chi connectivity index (χ2n) is 17.2. The van der Waals surface area contributed by atoms with Gasteiger partial charge in [-0.2, -0.15) is 0 Å². The van der Waals surface area contributed by atoms with Crippen molar-refractivity contribution in [3.63, 3.8) is 0 Å². The average Bonchev–Trinajstić information content (AvgIpc) is 3.19. The van der Waals surface area contributed by atoms with Gasteiger partial charge in [0.2, 0.25) is 5.91 Å². The van der Waals surface area contributed by atoms with E-state index in [1.807, 2.05) is 0 Å². The van der Waals surface area contributed by atoms with Crippen LogP contribution in [0.25, 0.3) is 0 Å². The highest BCUT2D eigenvalue weighted by molar-refractivity contribution is 5.77. The first-order valence-electron chi connectivity index (χ1n) is 24.9. The summed E-state index contributed by atoms with van der Waals surface area (Å²) in [6, 6.07) is -0.698. The monoisotopic (exact) mass is 792 g/mol. The Kier molecular flexibility index (Phi) is 43.6. The molecule has 0 aliphatic heterocycles. The second kappa shape index (κ2) is 44.7. The van der Waals surface area contributed by atoms with Crippen molar-refractivity contribution in [2.75, 3.05) is 6.61 Å². The molecule has 3 atom stereocenters. The molecule has 0 spiro atoms. The van der Waals surface area contributed by atoms with E-state index in [0.29, 0.717) is 19.3 Å². The Morgan fingerprint density at radius 3 is 1.34 bits per heavy atom. The van der Waals surface area contributed by atoms with Gasteiger partial charge >= 0.3 is 5.97 Å². The zero-order chi connectivity index (χ0) is 41.0. The van der Waals surface area contributed by atoms with Crippen LogP contribution in [0.15, 0.2) is 12.2 Å². The summed E-state index contributed by atoms with van der Waals surface area (Å²) in [5.41, 5.74) is 0. The Labute approximate surface area is 349 Å². The number of ether oxygens (including phenoxy) is 1. The van der Waals surface area contributed by atoms with E-state index >= 15 is 0 Å². The Balaban J connectivity index is 4.39. The van der Waals surface area contributed by atoms with Gasteiger partial charge in [-0.05, 0) is 44.9 Å². The summed E-state index contributed by atoms with van der Waals surface area (Å²) in [6.45, 7) is 6.43.